The molecule has 3 atom stereocenters. The number of hydrogen-bond acceptors (Lipinski definition) is 7. The standard InChI is InChI=1S/C17H22N8O/c1-10(23-26)14-4-3-11(6-19-14)15-5-16(18)25-17(22-15)13(8-21-25)12-7-20-24(2)9-12/h5,7-11,14,19H,3-4,6,18H2,1-2H3/t10?,11-,14-/m0/s1. The summed E-state index contributed by atoms with van der Waals surface area (Å²) in [6.45, 7) is 2.60. The Kier molecular flexibility index (Phi) is 4.15. The molecular weight excluding hydrogens is 332 g/mol. The summed E-state index contributed by atoms with van der Waals surface area (Å²) >= 11 is 0. The Morgan fingerprint density at radius 2 is 2.19 bits per heavy atom. The highest BCUT2D eigenvalue weighted by molar-refractivity contribution is 5.77. The van der Waals surface area contributed by atoms with Crippen LogP contribution in [0.5, 0.6) is 0 Å². The number of anilines is 1. The van der Waals surface area contributed by atoms with E-state index in [1.165, 1.54) is 0 Å². The predicted molar refractivity (Wildman–Crippen MR) is 98.6 cm³/mol. The van der Waals surface area contributed by atoms with Crippen LogP contribution in [0.3, 0.4) is 0 Å². The van der Waals surface area contributed by atoms with Crippen LogP contribution in [0.4, 0.5) is 5.82 Å². The van der Waals surface area contributed by atoms with Crippen LogP contribution in [-0.4, -0.2) is 43.0 Å². The molecule has 0 aromatic carbocycles. The third kappa shape index (κ3) is 2.84. The zero-order valence-electron chi connectivity index (χ0n) is 14.8. The van der Waals surface area contributed by atoms with Crippen molar-refractivity contribution in [2.24, 2.45) is 12.2 Å². The van der Waals surface area contributed by atoms with E-state index in [1.807, 2.05) is 26.2 Å². The molecule has 136 valence electrons. The fourth-order valence-corrected chi connectivity index (χ4v) is 3.59. The van der Waals surface area contributed by atoms with Crippen LogP contribution >= 0.6 is 0 Å². The second-order valence-corrected chi connectivity index (χ2v) is 6.94. The van der Waals surface area contributed by atoms with Gasteiger partial charge in [-0.2, -0.15) is 19.6 Å². The molecule has 0 saturated carbocycles. The molecule has 0 bridgehead atoms. The third-order valence-corrected chi connectivity index (χ3v) is 5.15. The summed E-state index contributed by atoms with van der Waals surface area (Å²) in [5.41, 5.74) is 9.76. The molecule has 9 heteroatoms. The van der Waals surface area contributed by atoms with Crippen molar-refractivity contribution in [1.82, 2.24) is 29.7 Å². The van der Waals surface area contributed by atoms with Crippen molar-refractivity contribution in [3.63, 3.8) is 0 Å². The SMILES string of the molecule is CC(N=O)[C@@H]1CC[C@H](c2cc(N)n3ncc(-c4cnn(C)c4)c3n2)CN1. The molecule has 0 amide bonds. The highest BCUT2D eigenvalue weighted by Gasteiger charge is 2.27. The smallest absolute Gasteiger partial charge is 0.165 e. The second-order valence-electron chi connectivity index (χ2n) is 6.94. The van der Waals surface area contributed by atoms with Crippen LogP contribution in [-0.2, 0) is 7.05 Å². The molecule has 9 nitrogen and oxygen atoms in total. The molecule has 0 radical (unpaired) electrons. The summed E-state index contributed by atoms with van der Waals surface area (Å²) in [7, 11) is 1.88. The van der Waals surface area contributed by atoms with Crippen LogP contribution < -0.4 is 11.1 Å². The minimum absolute atomic E-state index is 0.130. The first kappa shape index (κ1) is 16.6. The van der Waals surface area contributed by atoms with Gasteiger partial charge in [0.05, 0.1) is 18.1 Å². The fraction of sp³-hybridized carbons (Fsp3) is 0.471. The van der Waals surface area contributed by atoms with E-state index in [9.17, 15) is 4.91 Å². The van der Waals surface area contributed by atoms with E-state index in [1.54, 1.807) is 21.6 Å². The molecule has 0 aliphatic carbocycles. The minimum atomic E-state index is -0.219. The van der Waals surface area contributed by atoms with Gasteiger partial charge in [0.1, 0.15) is 11.9 Å². The molecular formula is C17H22N8O. The van der Waals surface area contributed by atoms with Crippen molar-refractivity contribution in [2.45, 2.75) is 37.8 Å². The topological polar surface area (TPSA) is 115 Å². The zero-order valence-corrected chi connectivity index (χ0v) is 14.8. The molecule has 3 N–H and O–H groups in total. The molecule has 3 aromatic rings. The van der Waals surface area contributed by atoms with Crippen LogP contribution in [0.15, 0.2) is 29.8 Å². The average Bonchev–Trinajstić information content (AvgIpc) is 3.27. The van der Waals surface area contributed by atoms with Crippen molar-refractivity contribution < 1.29 is 0 Å². The van der Waals surface area contributed by atoms with Gasteiger partial charge < -0.3 is 11.1 Å². The number of rotatable bonds is 4. The van der Waals surface area contributed by atoms with Gasteiger partial charge in [0, 0.05) is 48.9 Å². The van der Waals surface area contributed by atoms with Crippen molar-refractivity contribution in [2.75, 3.05) is 12.3 Å². The summed E-state index contributed by atoms with van der Waals surface area (Å²) in [5.74, 6) is 0.805. The lowest BCUT2D eigenvalue weighted by atomic mass is 9.89. The van der Waals surface area contributed by atoms with Crippen LogP contribution in [0.1, 0.15) is 31.4 Å². The Balaban J connectivity index is 1.66. The minimum Gasteiger partial charge on any atom is -0.384 e. The molecule has 3 aromatic heterocycles. The lowest BCUT2D eigenvalue weighted by Gasteiger charge is -2.30. The number of aryl methyl sites for hydroxylation is 1. The van der Waals surface area contributed by atoms with Gasteiger partial charge in [0.25, 0.3) is 0 Å². The highest BCUT2D eigenvalue weighted by Crippen LogP contribution is 2.30. The molecule has 1 unspecified atom stereocenters. The van der Waals surface area contributed by atoms with Gasteiger partial charge in [-0.25, -0.2) is 4.98 Å². The molecule has 1 saturated heterocycles. The summed E-state index contributed by atoms with van der Waals surface area (Å²) in [5, 5.41) is 15.1. The predicted octanol–water partition coefficient (Wildman–Crippen LogP) is 1.70. The number of nitrogens with two attached hydrogens (primary N) is 1. The Morgan fingerprint density at radius 3 is 2.85 bits per heavy atom. The van der Waals surface area contributed by atoms with Gasteiger partial charge in [-0.05, 0) is 19.8 Å². The highest BCUT2D eigenvalue weighted by atomic mass is 16.3. The number of aromatic nitrogens is 5. The summed E-state index contributed by atoms with van der Waals surface area (Å²) in [6, 6.07) is 1.80. The van der Waals surface area contributed by atoms with Gasteiger partial charge in [-0.1, -0.05) is 5.18 Å². The maximum atomic E-state index is 10.8. The van der Waals surface area contributed by atoms with Gasteiger partial charge in [0.2, 0.25) is 0 Å². The van der Waals surface area contributed by atoms with E-state index in [4.69, 9.17) is 10.7 Å². The molecule has 1 fully saturated rings. The summed E-state index contributed by atoms with van der Waals surface area (Å²) in [6.07, 6.45) is 7.33. The van der Waals surface area contributed by atoms with Gasteiger partial charge in [-0.15, -0.1) is 0 Å². The zero-order chi connectivity index (χ0) is 18.3. The van der Waals surface area contributed by atoms with Crippen molar-refractivity contribution in [3.8, 4) is 11.1 Å². The third-order valence-electron chi connectivity index (χ3n) is 5.15. The lowest BCUT2D eigenvalue weighted by Crippen LogP contribution is -2.43. The summed E-state index contributed by atoms with van der Waals surface area (Å²) < 4.78 is 3.41. The Hall–Kier alpha value is -2.81. The number of hydrogen-bond donors (Lipinski definition) is 2. The first-order valence-corrected chi connectivity index (χ1v) is 8.76. The Labute approximate surface area is 150 Å². The molecule has 26 heavy (non-hydrogen) atoms. The first-order chi connectivity index (χ1) is 12.6. The number of fused-ring (bicyclic) bond motifs is 1. The molecule has 4 rings (SSSR count). The number of nitrogens with one attached hydrogen (secondary N) is 1. The van der Waals surface area contributed by atoms with Gasteiger partial charge in [-0.3, -0.25) is 4.68 Å². The van der Waals surface area contributed by atoms with E-state index in [0.717, 1.165) is 41.9 Å². The van der Waals surface area contributed by atoms with Crippen LogP contribution in [0, 0.1) is 4.91 Å². The summed E-state index contributed by atoms with van der Waals surface area (Å²) in [4.78, 5) is 15.6. The van der Waals surface area contributed by atoms with E-state index < -0.39 is 0 Å². The quantitative estimate of drug-likeness (QED) is 0.689. The van der Waals surface area contributed by atoms with Gasteiger partial charge in [0.15, 0.2) is 5.65 Å². The number of nitrogens with zero attached hydrogens (tertiary/aromatic N) is 6. The number of nitrogen functional groups attached to an aromatic ring is 1. The van der Waals surface area contributed by atoms with Crippen molar-refractivity contribution in [3.05, 3.63) is 35.3 Å². The maximum absolute atomic E-state index is 10.8. The molecule has 0 spiro atoms. The second kappa shape index (κ2) is 6.49. The number of nitroso groups, excluding NO2 is 1. The van der Waals surface area contributed by atoms with E-state index in [2.05, 4.69) is 20.7 Å². The first-order valence-electron chi connectivity index (χ1n) is 8.76. The average molecular weight is 354 g/mol. The van der Waals surface area contributed by atoms with Crippen molar-refractivity contribution in [1.29, 1.82) is 0 Å². The Bertz CT molecular complexity index is 938. The Morgan fingerprint density at radius 1 is 1.35 bits per heavy atom. The molecule has 1 aliphatic rings. The van der Waals surface area contributed by atoms with Crippen LogP contribution in [0.25, 0.3) is 16.8 Å². The van der Waals surface area contributed by atoms with E-state index in [-0.39, 0.29) is 18.0 Å². The van der Waals surface area contributed by atoms with Crippen molar-refractivity contribution >= 4 is 11.5 Å². The normalized spacial score (nSPS) is 21.8. The van der Waals surface area contributed by atoms with Crippen LogP contribution in [0.2, 0.25) is 0 Å². The maximum Gasteiger partial charge on any atom is 0.165 e. The number of piperidine rings is 1. The van der Waals surface area contributed by atoms with E-state index in [0.29, 0.717) is 5.82 Å². The molecule has 4 heterocycles. The van der Waals surface area contributed by atoms with E-state index >= 15 is 0 Å². The largest absolute Gasteiger partial charge is 0.384 e. The lowest BCUT2D eigenvalue weighted by molar-refractivity contribution is 0.331. The fourth-order valence-electron chi connectivity index (χ4n) is 3.59. The monoisotopic (exact) mass is 354 g/mol. The van der Waals surface area contributed by atoms with Gasteiger partial charge >= 0.3 is 0 Å². The molecule has 1 aliphatic heterocycles.